The van der Waals surface area contributed by atoms with Crippen LogP contribution in [-0.2, 0) is 6.42 Å². The lowest BCUT2D eigenvalue weighted by molar-refractivity contribution is 0.453. The second kappa shape index (κ2) is 5.43. The first-order valence-electron chi connectivity index (χ1n) is 7.03. The normalized spacial score (nSPS) is 19.4. The summed E-state index contributed by atoms with van der Waals surface area (Å²) < 4.78 is 0. The maximum atomic E-state index is 4.64. The van der Waals surface area contributed by atoms with Gasteiger partial charge in [0.25, 0.3) is 0 Å². The van der Waals surface area contributed by atoms with Gasteiger partial charge < -0.3 is 5.32 Å². The molecule has 2 heterocycles. The Labute approximate surface area is 118 Å². The highest BCUT2D eigenvalue weighted by Gasteiger charge is 2.32. The molecule has 1 aliphatic carbocycles. The number of fused-ring (bicyclic) bond motifs is 1. The Morgan fingerprint density at radius 1 is 1.42 bits per heavy atom. The number of aromatic nitrogens is 1. The molecule has 0 fully saturated rings. The number of nitrogens with zero attached hydrogens (tertiary/aromatic N) is 1. The Bertz CT molecular complexity index is 561. The van der Waals surface area contributed by atoms with Crippen LogP contribution in [0.3, 0.4) is 0 Å². The van der Waals surface area contributed by atoms with E-state index in [0.717, 1.165) is 6.54 Å². The molecule has 2 unspecified atom stereocenters. The first-order valence-corrected chi connectivity index (χ1v) is 7.84. The zero-order chi connectivity index (χ0) is 13.2. The predicted molar refractivity (Wildman–Crippen MR) is 80.8 cm³/mol. The van der Waals surface area contributed by atoms with Crippen LogP contribution in [0.25, 0.3) is 0 Å². The molecule has 2 nitrogen and oxygen atoms in total. The topological polar surface area (TPSA) is 24.9 Å². The summed E-state index contributed by atoms with van der Waals surface area (Å²) in [4.78, 5) is 7.47. The van der Waals surface area contributed by atoms with Gasteiger partial charge >= 0.3 is 0 Å². The Morgan fingerprint density at radius 3 is 3.05 bits per heavy atom. The number of pyridine rings is 1. The molecule has 2 atom stereocenters. The number of rotatable bonds is 4. The monoisotopic (exact) mass is 272 g/mol. The second-order valence-corrected chi connectivity index (χ2v) is 6.50. The summed E-state index contributed by atoms with van der Waals surface area (Å²) in [5, 5.41) is 3.67. The SMILES string of the molecule is CCNC(c1ccc(C)s1)C1CCc2cccnc21. The Kier molecular flexibility index (Phi) is 3.67. The van der Waals surface area contributed by atoms with E-state index in [1.165, 1.54) is 33.9 Å². The van der Waals surface area contributed by atoms with Crippen molar-refractivity contribution in [2.75, 3.05) is 6.54 Å². The quantitative estimate of drug-likeness (QED) is 0.915. The third kappa shape index (κ3) is 2.45. The van der Waals surface area contributed by atoms with Crippen molar-refractivity contribution in [2.24, 2.45) is 0 Å². The van der Waals surface area contributed by atoms with Crippen molar-refractivity contribution in [1.82, 2.24) is 10.3 Å². The van der Waals surface area contributed by atoms with Crippen LogP contribution in [0.4, 0.5) is 0 Å². The minimum Gasteiger partial charge on any atom is -0.309 e. The Morgan fingerprint density at radius 2 is 2.32 bits per heavy atom. The van der Waals surface area contributed by atoms with Gasteiger partial charge in [-0.25, -0.2) is 0 Å². The smallest absolute Gasteiger partial charge is 0.0499 e. The summed E-state index contributed by atoms with van der Waals surface area (Å²) in [6.07, 6.45) is 4.31. The summed E-state index contributed by atoms with van der Waals surface area (Å²) in [5.74, 6) is 0.522. The number of hydrogen-bond acceptors (Lipinski definition) is 3. The molecule has 0 spiro atoms. The highest BCUT2D eigenvalue weighted by atomic mass is 32.1. The van der Waals surface area contributed by atoms with Crippen LogP contribution in [0.15, 0.2) is 30.5 Å². The summed E-state index contributed by atoms with van der Waals surface area (Å²) in [5.41, 5.74) is 2.74. The van der Waals surface area contributed by atoms with Crippen LogP contribution in [-0.4, -0.2) is 11.5 Å². The van der Waals surface area contributed by atoms with Crippen molar-refractivity contribution in [3.05, 3.63) is 51.5 Å². The van der Waals surface area contributed by atoms with Gasteiger partial charge in [-0.2, -0.15) is 0 Å². The number of hydrogen-bond donors (Lipinski definition) is 1. The molecule has 0 aliphatic heterocycles. The molecule has 3 heteroatoms. The minimum absolute atomic E-state index is 0.417. The summed E-state index contributed by atoms with van der Waals surface area (Å²) in [6, 6.07) is 9.19. The maximum absolute atomic E-state index is 4.64. The molecule has 19 heavy (non-hydrogen) atoms. The summed E-state index contributed by atoms with van der Waals surface area (Å²) >= 11 is 1.91. The standard InChI is InChI=1S/C16H20N2S/c1-3-17-16(14-9-6-11(2)19-14)13-8-7-12-5-4-10-18-15(12)13/h4-6,9-10,13,16-17H,3,7-8H2,1-2H3. The highest BCUT2D eigenvalue weighted by Crippen LogP contribution is 2.42. The third-order valence-corrected chi connectivity index (χ3v) is 4.98. The number of likely N-dealkylation sites (N-methyl/N-ethyl adjacent to an activating group) is 1. The molecule has 0 saturated heterocycles. The lowest BCUT2D eigenvalue weighted by Gasteiger charge is -2.23. The minimum atomic E-state index is 0.417. The van der Waals surface area contributed by atoms with Gasteiger partial charge in [-0.15, -0.1) is 11.3 Å². The molecule has 2 aromatic rings. The van der Waals surface area contributed by atoms with Crippen molar-refractivity contribution < 1.29 is 0 Å². The van der Waals surface area contributed by atoms with Crippen LogP contribution >= 0.6 is 11.3 Å². The van der Waals surface area contributed by atoms with Crippen LogP contribution < -0.4 is 5.32 Å². The van der Waals surface area contributed by atoms with E-state index in [0.29, 0.717) is 12.0 Å². The molecule has 0 amide bonds. The average Bonchev–Trinajstić information content (AvgIpc) is 3.03. The van der Waals surface area contributed by atoms with Crippen molar-refractivity contribution in [1.29, 1.82) is 0 Å². The zero-order valence-electron chi connectivity index (χ0n) is 11.5. The lowest BCUT2D eigenvalue weighted by atomic mass is 9.95. The van der Waals surface area contributed by atoms with E-state index in [2.05, 4.69) is 48.4 Å². The van der Waals surface area contributed by atoms with Crippen molar-refractivity contribution in [3.8, 4) is 0 Å². The van der Waals surface area contributed by atoms with E-state index in [4.69, 9.17) is 0 Å². The molecular formula is C16H20N2S. The zero-order valence-corrected chi connectivity index (χ0v) is 12.3. The van der Waals surface area contributed by atoms with Crippen LogP contribution in [0.2, 0.25) is 0 Å². The van der Waals surface area contributed by atoms with Crippen LogP contribution in [0.1, 0.15) is 46.3 Å². The van der Waals surface area contributed by atoms with E-state index in [1.807, 2.05) is 17.5 Å². The molecule has 1 aliphatic rings. The van der Waals surface area contributed by atoms with Gasteiger partial charge in [0.1, 0.15) is 0 Å². The molecule has 2 aromatic heterocycles. The highest BCUT2D eigenvalue weighted by molar-refractivity contribution is 7.12. The molecule has 1 N–H and O–H groups in total. The summed E-state index contributed by atoms with van der Waals surface area (Å²) in [6.45, 7) is 5.36. The van der Waals surface area contributed by atoms with E-state index in [-0.39, 0.29) is 0 Å². The van der Waals surface area contributed by atoms with Crippen LogP contribution in [0.5, 0.6) is 0 Å². The van der Waals surface area contributed by atoms with Gasteiger partial charge in [-0.1, -0.05) is 13.0 Å². The Balaban J connectivity index is 1.94. The van der Waals surface area contributed by atoms with Gasteiger partial charge in [-0.3, -0.25) is 4.98 Å². The molecule has 3 rings (SSSR count). The van der Waals surface area contributed by atoms with E-state index < -0.39 is 0 Å². The fourth-order valence-corrected chi connectivity index (χ4v) is 4.07. The molecule has 0 saturated carbocycles. The first kappa shape index (κ1) is 12.8. The summed E-state index contributed by atoms with van der Waals surface area (Å²) in [7, 11) is 0. The number of thiophene rings is 1. The molecule has 100 valence electrons. The van der Waals surface area contributed by atoms with Crippen molar-refractivity contribution in [3.63, 3.8) is 0 Å². The van der Waals surface area contributed by atoms with Crippen molar-refractivity contribution >= 4 is 11.3 Å². The van der Waals surface area contributed by atoms with Gasteiger partial charge in [0.15, 0.2) is 0 Å². The lowest BCUT2D eigenvalue weighted by Crippen LogP contribution is -2.25. The second-order valence-electron chi connectivity index (χ2n) is 5.18. The molecule has 0 radical (unpaired) electrons. The predicted octanol–water partition coefficient (Wildman–Crippen LogP) is 3.83. The van der Waals surface area contributed by atoms with Gasteiger partial charge in [0, 0.05) is 33.6 Å². The fourth-order valence-electron chi connectivity index (χ4n) is 3.05. The maximum Gasteiger partial charge on any atom is 0.0499 e. The molecule has 0 bridgehead atoms. The van der Waals surface area contributed by atoms with E-state index in [9.17, 15) is 0 Å². The van der Waals surface area contributed by atoms with Crippen molar-refractivity contribution in [2.45, 2.75) is 38.6 Å². The largest absolute Gasteiger partial charge is 0.309 e. The fraction of sp³-hybridized carbons (Fsp3) is 0.438. The van der Waals surface area contributed by atoms with E-state index >= 15 is 0 Å². The van der Waals surface area contributed by atoms with Gasteiger partial charge in [0.2, 0.25) is 0 Å². The number of nitrogens with one attached hydrogen (secondary N) is 1. The van der Waals surface area contributed by atoms with Gasteiger partial charge in [0.05, 0.1) is 0 Å². The average molecular weight is 272 g/mol. The van der Waals surface area contributed by atoms with Crippen LogP contribution in [0, 0.1) is 6.92 Å². The molecular weight excluding hydrogens is 252 g/mol. The molecule has 0 aromatic carbocycles. The van der Waals surface area contributed by atoms with E-state index in [1.54, 1.807) is 0 Å². The third-order valence-electron chi connectivity index (χ3n) is 3.90. The Hall–Kier alpha value is -1.19. The number of aryl methyl sites for hydroxylation is 2. The van der Waals surface area contributed by atoms with Gasteiger partial charge in [-0.05, 0) is 50.1 Å². The first-order chi connectivity index (χ1) is 9.29.